The molecule has 0 spiro atoms. The third-order valence-electron chi connectivity index (χ3n) is 4.15. The molecule has 0 fully saturated rings. The van der Waals surface area contributed by atoms with Crippen LogP contribution < -0.4 is 5.32 Å². The van der Waals surface area contributed by atoms with Gasteiger partial charge in [-0.15, -0.1) is 0 Å². The van der Waals surface area contributed by atoms with Crippen molar-refractivity contribution in [3.8, 4) is 11.1 Å². The van der Waals surface area contributed by atoms with Crippen LogP contribution in [-0.4, -0.2) is 22.3 Å². The zero-order valence-electron chi connectivity index (χ0n) is 14.8. The lowest BCUT2D eigenvalue weighted by atomic mass is 10.0. The second kappa shape index (κ2) is 8.06. The van der Waals surface area contributed by atoms with E-state index in [1.807, 2.05) is 6.92 Å². The Balaban J connectivity index is 1.80. The summed E-state index contributed by atoms with van der Waals surface area (Å²) in [6.07, 6.45) is 2.06. The van der Waals surface area contributed by atoms with Crippen LogP contribution in [0.3, 0.4) is 0 Å². The van der Waals surface area contributed by atoms with Crippen molar-refractivity contribution >= 4 is 17.9 Å². The van der Waals surface area contributed by atoms with E-state index in [-0.39, 0.29) is 5.56 Å². The van der Waals surface area contributed by atoms with Gasteiger partial charge in [-0.3, -0.25) is 14.6 Å². The third-order valence-corrected chi connectivity index (χ3v) is 4.15. The van der Waals surface area contributed by atoms with Gasteiger partial charge in [-0.2, -0.15) is 0 Å². The van der Waals surface area contributed by atoms with Gasteiger partial charge >= 0.3 is 0 Å². The van der Waals surface area contributed by atoms with Crippen LogP contribution in [0.5, 0.6) is 0 Å². The summed E-state index contributed by atoms with van der Waals surface area (Å²) in [4.78, 5) is 27.2. The number of aryl methyl sites for hydroxylation is 1. The second-order valence-electron chi connectivity index (χ2n) is 6.25. The van der Waals surface area contributed by atoms with Crippen molar-refractivity contribution in [3.63, 3.8) is 0 Å². The standard InChI is InChI=1S/C21H16F2N2O3/c1-12-4-18(2-3-19(12)15-5-13(11-26)9-24-10-15)25-21(28)20(27)14-6-16(22)8-17(23)7-14/h2-11,20,27H,1H3,(H,25,28). The van der Waals surface area contributed by atoms with E-state index >= 15 is 0 Å². The molecular formula is C21H16F2N2O3. The van der Waals surface area contributed by atoms with Gasteiger partial charge in [0.25, 0.3) is 5.91 Å². The molecule has 1 atom stereocenters. The summed E-state index contributed by atoms with van der Waals surface area (Å²) >= 11 is 0. The van der Waals surface area contributed by atoms with Crippen LogP contribution in [0.2, 0.25) is 0 Å². The zero-order chi connectivity index (χ0) is 20.3. The fourth-order valence-corrected chi connectivity index (χ4v) is 2.83. The molecule has 0 saturated heterocycles. The van der Waals surface area contributed by atoms with Crippen molar-refractivity contribution < 1.29 is 23.5 Å². The van der Waals surface area contributed by atoms with Crippen molar-refractivity contribution in [1.82, 2.24) is 4.98 Å². The molecule has 0 radical (unpaired) electrons. The molecule has 142 valence electrons. The lowest BCUT2D eigenvalue weighted by molar-refractivity contribution is -0.124. The van der Waals surface area contributed by atoms with E-state index in [1.165, 1.54) is 6.20 Å². The molecule has 5 nitrogen and oxygen atoms in total. The van der Waals surface area contributed by atoms with Crippen LogP contribution >= 0.6 is 0 Å². The first kappa shape index (κ1) is 19.3. The maximum Gasteiger partial charge on any atom is 0.257 e. The molecule has 1 aromatic heterocycles. The van der Waals surface area contributed by atoms with E-state index in [4.69, 9.17) is 0 Å². The lowest BCUT2D eigenvalue weighted by Crippen LogP contribution is -2.21. The van der Waals surface area contributed by atoms with Gasteiger partial charge in [-0.1, -0.05) is 6.07 Å². The average Bonchev–Trinajstić information content (AvgIpc) is 2.66. The van der Waals surface area contributed by atoms with E-state index in [0.29, 0.717) is 23.6 Å². The van der Waals surface area contributed by atoms with Gasteiger partial charge in [0.2, 0.25) is 0 Å². The first-order valence-electron chi connectivity index (χ1n) is 8.33. The molecule has 3 aromatic rings. The van der Waals surface area contributed by atoms with Gasteiger partial charge in [-0.05, 0) is 53.9 Å². The zero-order valence-corrected chi connectivity index (χ0v) is 14.8. The highest BCUT2D eigenvalue weighted by molar-refractivity contribution is 5.95. The Morgan fingerprint density at radius 2 is 1.82 bits per heavy atom. The molecule has 2 N–H and O–H groups in total. The summed E-state index contributed by atoms with van der Waals surface area (Å²) in [5.41, 5.74) is 3.03. The summed E-state index contributed by atoms with van der Waals surface area (Å²) in [7, 11) is 0. The van der Waals surface area contributed by atoms with Crippen LogP contribution in [-0.2, 0) is 4.79 Å². The average molecular weight is 382 g/mol. The highest BCUT2D eigenvalue weighted by Gasteiger charge is 2.19. The monoisotopic (exact) mass is 382 g/mol. The summed E-state index contributed by atoms with van der Waals surface area (Å²) < 4.78 is 26.6. The Labute approximate surface area is 159 Å². The Morgan fingerprint density at radius 1 is 1.11 bits per heavy atom. The maximum absolute atomic E-state index is 13.3. The molecule has 2 aromatic carbocycles. The summed E-state index contributed by atoms with van der Waals surface area (Å²) in [6.45, 7) is 1.82. The number of rotatable bonds is 5. The SMILES string of the molecule is Cc1cc(NC(=O)C(O)c2cc(F)cc(F)c2)ccc1-c1cncc(C=O)c1. The molecule has 0 aliphatic heterocycles. The Bertz CT molecular complexity index is 1030. The van der Waals surface area contributed by atoms with Crippen molar-refractivity contribution in [2.45, 2.75) is 13.0 Å². The largest absolute Gasteiger partial charge is 0.378 e. The summed E-state index contributed by atoms with van der Waals surface area (Å²) in [5, 5.41) is 12.6. The van der Waals surface area contributed by atoms with Crippen molar-refractivity contribution in [3.05, 3.63) is 83.2 Å². The third kappa shape index (κ3) is 4.27. The predicted molar refractivity (Wildman–Crippen MR) is 99.7 cm³/mol. The molecule has 1 amide bonds. The number of aldehydes is 1. The van der Waals surface area contributed by atoms with Gasteiger partial charge in [0.1, 0.15) is 11.6 Å². The van der Waals surface area contributed by atoms with E-state index < -0.39 is 23.6 Å². The summed E-state index contributed by atoms with van der Waals surface area (Å²) in [6, 6.07) is 9.19. The van der Waals surface area contributed by atoms with Crippen LogP contribution in [0.25, 0.3) is 11.1 Å². The van der Waals surface area contributed by atoms with Crippen LogP contribution in [0, 0.1) is 18.6 Å². The first-order valence-corrected chi connectivity index (χ1v) is 8.33. The highest BCUT2D eigenvalue weighted by Crippen LogP contribution is 2.26. The number of carbonyl (C=O) groups is 2. The fraction of sp³-hybridized carbons (Fsp3) is 0.0952. The van der Waals surface area contributed by atoms with Crippen LogP contribution in [0.15, 0.2) is 54.9 Å². The van der Waals surface area contributed by atoms with Crippen molar-refractivity contribution in [2.75, 3.05) is 5.32 Å². The van der Waals surface area contributed by atoms with Gasteiger partial charge in [0, 0.05) is 35.3 Å². The van der Waals surface area contributed by atoms with E-state index in [9.17, 15) is 23.5 Å². The topological polar surface area (TPSA) is 79.3 Å². The van der Waals surface area contributed by atoms with Gasteiger partial charge < -0.3 is 10.4 Å². The number of hydrogen-bond acceptors (Lipinski definition) is 4. The smallest absolute Gasteiger partial charge is 0.257 e. The Kier molecular flexibility index (Phi) is 5.56. The Morgan fingerprint density at radius 3 is 2.46 bits per heavy atom. The van der Waals surface area contributed by atoms with Crippen LogP contribution in [0.4, 0.5) is 14.5 Å². The molecule has 0 bridgehead atoms. The lowest BCUT2D eigenvalue weighted by Gasteiger charge is -2.14. The van der Waals surface area contributed by atoms with E-state index in [1.54, 1.807) is 30.5 Å². The maximum atomic E-state index is 13.3. The number of aliphatic hydroxyl groups is 1. The molecule has 3 rings (SSSR count). The minimum absolute atomic E-state index is 0.180. The molecule has 0 aliphatic carbocycles. The number of nitrogens with one attached hydrogen (secondary N) is 1. The second-order valence-corrected chi connectivity index (χ2v) is 6.25. The number of amides is 1. The fourth-order valence-electron chi connectivity index (χ4n) is 2.83. The molecule has 0 saturated carbocycles. The number of carbonyl (C=O) groups excluding carboxylic acids is 2. The van der Waals surface area contributed by atoms with Gasteiger partial charge in [0.05, 0.1) is 0 Å². The normalized spacial score (nSPS) is 11.7. The number of aliphatic hydroxyl groups excluding tert-OH is 1. The van der Waals surface area contributed by atoms with Crippen molar-refractivity contribution in [1.29, 1.82) is 0 Å². The van der Waals surface area contributed by atoms with Crippen molar-refractivity contribution in [2.24, 2.45) is 0 Å². The number of hydrogen-bond donors (Lipinski definition) is 2. The number of anilines is 1. The quantitative estimate of drug-likeness (QED) is 0.658. The number of benzene rings is 2. The van der Waals surface area contributed by atoms with E-state index in [0.717, 1.165) is 28.8 Å². The molecule has 1 heterocycles. The van der Waals surface area contributed by atoms with Gasteiger partial charge in [-0.25, -0.2) is 8.78 Å². The predicted octanol–water partition coefficient (Wildman–Crippen LogP) is 3.82. The number of nitrogens with zero attached hydrogens (tertiary/aromatic N) is 1. The molecule has 28 heavy (non-hydrogen) atoms. The van der Waals surface area contributed by atoms with E-state index in [2.05, 4.69) is 10.3 Å². The number of halogens is 2. The molecule has 0 aliphatic rings. The number of pyridine rings is 1. The molecular weight excluding hydrogens is 366 g/mol. The Hall–Kier alpha value is -3.45. The minimum atomic E-state index is -1.72. The first-order chi connectivity index (χ1) is 13.4. The highest BCUT2D eigenvalue weighted by atomic mass is 19.1. The molecule has 7 heteroatoms. The minimum Gasteiger partial charge on any atom is -0.378 e. The molecule has 1 unspecified atom stereocenters. The van der Waals surface area contributed by atoms with Gasteiger partial charge in [0.15, 0.2) is 12.4 Å². The summed E-state index contributed by atoms with van der Waals surface area (Å²) in [5.74, 6) is -2.58. The number of aromatic nitrogens is 1. The van der Waals surface area contributed by atoms with Crippen LogP contribution in [0.1, 0.15) is 27.6 Å².